The van der Waals surface area contributed by atoms with Crippen LogP contribution in [0.15, 0.2) is 34.7 Å². The summed E-state index contributed by atoms with van der Waals surface area (Å²) in [6.45, 7) is 1.06. The van der Waals surface area contributed by atoms with Crippen molar-refractivity contribution in [1.29, 1.82) is 0 Å². The summed E-state index contributed by atoms with van der Waals surface area (Å²) in [6.07, 6.45) is 5.93. The average molecular weight is 493 g/mol. The van der Waals surface area contributed by atoms with Crippen molar-refractivity contribution in [3.63, 3.8) is 0 Å². The molecule has 172 valence electrons. The van der Waals surface area contributed by atoms with Crippen LogP contribution in [0.4, 0.5) is 0 Å². The smallest absolute Gasteiger partial charge is 0.327 e. The molecule has 1 aliphatic rings. The lowest BCUT2D eigenvalue weighted by molar-refractivity contribution is -0.152. The predicted octanol–water partition coefficient (Wildman–Crippen LogP) is 2.57. The zero-order valence-electron chi connectivity index (χ0n) is 17.1. The second-order valence-corrected chi connectivity index (χ2v) is 9.76. The summed E-state index contributed by atoms with van der Waals surface area (Å²) in [5.41, 5.74) is 1.30. The minimum absolute atomic E-state index is 0.0152. The minimum Gasteiger partial charge on any atom is -0.454 e. The van der Waals surface area contributed by atoms with Crippen molar-refractivity contribution >= 4 is 45.1 Å². The molecule has 0 fully saturated rings. The Bertz CT molecular complexity index is 934. The number of esters is 1. The third-order valence-electron chi connectivity index (χ3n) is 4.72. The fourth-order valence-corrected chi connectivity index (χ4v) is 4.64. The van der Waals surface area contributed by atoms with Crippen molar-refractivity contribution in [3.8, 4) is 0 Å². The lowest BCUT2D eigenvalue weighted by Gasteiger charge is -2.20. The van der Waals surface area contributed by atoms with E-state index in [1.54, 1.807) is 0 Å². The van der Waals surface area contributed by atoms with Gasteiger partial charge in [0.25, 0.3) is 5.91 Å². The van der Waals surface area contributed by atoms with Gasteiger partial charge < -0.3 is 15.2 Å². The topological polar surface area (TPSA) is 122 Å². The van der Waals surface area contributed by atoms with E-state index in [1.807, 2.05) is 0 Å². The van der Waals surface area contributed by atoms with Gasteiger partial charge in [0.2, 0.25) is 10.0 Å². The molecule has 3 N–H and O–H groups in total. The van der Waals surface area contributed by atoms with Crippen LogP contribution in [-0.4, -0.2) is 50.7 Å². The molecular weight excluding hydrogens is 467 g/mol. The Morgan fingerprint density at radius 2 is 1.97 bits per heavy atom. The van der Waals surface area contributed by atoms with Gasteiger partial charge in [-0.25, -0.2) is 8.42 Å². The summed E-state index contributed by atoms with van der Waals surface area (Å²) >= 11 is 11.6. The number of hydrogen-bond acceptors (Lipinski definition) is 6. The Balaban J connectivity index is 1.88. The molecule has 1 aromatic carbocycles. The van der Waals surface area contributed by atoms with E-state index >= 15 is 0 Å². The SMILES string of the molecule is C[C@@H](O)[C@@H](NS(=O)(=O)c1ccc(Cl)c(Cl)c1)C(=O)OCC(=O)NCCC1=CCCCC1. The number of ether oxygens (including phenoxy) is 1. The summed E-state index contributed by atoms with van der Waals surface area (Å²) in [7, 11) is -4.21. The Hall–Kier alpha value is -1.65. The van der Waals surface area contributed by atoms with Crippen molar-refractivity contribution in [1.82, 2.24) is 10.0 Å². The maximum Gasteiger partial charge on any atom is 0.327 e. The molecule has 1 amide bonds. The molecule has 2 rings (SSSR count). The van der Waals surface area contributed by atoms with Crippen LogP contribution in [-0.2, 0) is 24.3 Å². The van der Waals surface area contributed by atoms with E-state index in [1.165, 1.54) is 31.1 Å². The molecule has 0 spiro atoms. The van der Waals surface area contributed by atoms with Crippen LogP contribution in [0.1, 0.15) is 39.0 Å². The van der Waals surface area contributed by atoms with Gasteiger partial charge >= 0.3 is 5.97 Å². The summed E-state index contributed by atoms with van der Waals surface area (Å²) in [4.78, 5) is 24.0. The number of aliphatic hydroxyl groups is 1. The summed E-state index contributed by atoms with van der Waals surface area (Å²) < 4.78 is 32.0. The molecule has 0 aliphatic heterocycles. The van der Waals surface area contributed by atoms with Crippen molar-refractivity contribution < 1.29 is 27.9 Å². The Morgan fingerprint density at radius 3 is 2.58 bits per heavy atom. The zero-order chi connectivity index (χ0) is 23.0. The van der Waals surface area contributed by atoms with Gasteiger partial charge in [-0.15, -0.1) is 0 Å². The Labute approximate surface area is 192 Å². The third kappa shape index (κ3) is 8.08. The first-order valence-electron chi connectivity index (χ1n) is 9.87. The molecule has 1 aliphatic carbocycles. The summed E-state index contributed by atoms with van der Waals surface area (Å²) in [5.74, 6) is -1.59. The lowest BCUT2D eigenvalue weighted by Crippen LogP contribution is -2.49. The highest BCUT2D eigenvalue weighted by atomic mass is 35.5. The fraction of sp³-hybridized carbons (Fsp3) is 0.500. The van der Waals surface area contributed by atoms with E-state index in [0.29, 0.717) is 6.54 Å². The molecule has 2 atom stereocenters. The van der Waals surface area contributed by atoms with E-state index in [-0.39, 0.29) is 14.9 Å². The van der Waals surface area contributed by atoms with Gasteiger partial charge in [0, 0.05) is 6.54 Å². The molecule has 31 heavy (non-hydrogen) atoms. The number of benzene rings is 1. The van der Waals surface area contributed by atoms with E-state index in [2.05, 4.69) is 16.1 Å². The molecule has 1 aromatic rings. The number of rotatable bonds is 10. The number of nitrogens with one attached hydrogen (secondary N) is 2. The second kappa shape index (κ2) is 11.8. The van der Waals surface area contributed by atoms with Gasteiger partial charge in [0.05, 0.1) is 21.0 Å². The van der Waals surface area contributed by atoms with E-state index in [4.69, 9.17) is 27.9 Å². The molecule has 0 saturated heterocycles. The van der Waals surface area contributed by atoms with Crippen molar-refractivity contribution in [2.45, 2.75) is 56.1 Å². The Kier molecular flexibility index (Phi) is 9.77. The molecule has 11 heteroatoms. The van der Waals surface area contributed by atoms with Gasteiger partial charge in [0.1, 0.15) is 6.04 Å². The average Bonchev–Trinajstić information content (AvgIpc) is 2.72. The van der Waals surface area contributed by atoms with Crippen LogP contribution < -0.4 is 10.0 Å². The van der Waals surface area contributed by atoms with Crippen LogP contribution >= 0.6 is 23.2 Å². The highest BCUT2D eigenvalue weighted by Crippen LogP contribution is 2.25. The maximum atomic E-state index is 12.5. The second-order valence-electron chi connectivity index (χ2n) is 7.23. The van der Waals surface area contributed by atoms with Gasteiger partial charge in [0.15, 0.2) is 6.61 Å². The largest absolute Gasteiger partial charge is 0.454 e. The normalized spacial score (nSPS) is 16.2. The first-order valence-corrected chi connectivity index (χ1v) is 12.1. The van der Waals surface area contributed by atoms with Crippen molar-refractivity contribution in [2.75, 3.05) is 13.2 Å². The van der Waals surface area contributed by atoms with Crippen LogP contribution in [0.25, 0.3) is 0 Å². The fourth-order valence-electron chi connectivity index (χ4n) is 2.99. The number of sulfonamides is 1. The number of allylic oxidation sites excluding steroid dienone is 1. The summed E-state index contributed by atoms with van der Waals surface area (Å²) in [5, 5.41) is 12.7. The lowest BCUT2D eigenvalue weighted by atomic mass is 9.97. The highest BCUT2D eigenvalue weighted by molar-refractivity contribution is 7.89. The van der Waals surface area contributed by atoms with Crippen LogP contribution in [0.5, 0.6) is 0 Å². The number of aliphatic hydroxyl groups excluding tert-OH is 1. The molecular formula is C20H26Cl2N2O6S. The van der Waals surface area contributed by atoms with Gasteiger partial charge in [-0.3, -0.25) is 9.59 Å². The first-order chi connectivity index (χ1) is 14.6. The molecule has 0 radical (unpaired) electrons. The van der Waals surface area contributed by atoms with Gasteiger partial charge in [-0.2, -0.15) is 4.72 Å². The van der Waals surface area contributed by atoms with E-state index in [0.717, 1.165) is 31.7 Å². The van der Waals surface area contributed by atoms with Crippen LogP contribution in [0, 0.1) is 0 Å². The van der Waals surface area contributed by atoms with Crippen molar-refractivity contribution in [2.24, 2.45) is 0 Å². The van der Waals surface area contributed by atoms with Crippen molar-refractivity contribution in [3.05, 3.63) is 39.9 Å². The quantitative estimate of drug-likeness (QED) is 0.340. The number of halogens is 2. The van der Waals surface area contributed by atoms with Gasteiger partial charge in [-0.05, 0) is 57.2 Å². The summed E-state index contributed by atoms with van der Waals surface area (Å²) in [6, 6.07) is 2.00. The molecule has 0 saturated carbocycles. The van der Waals surface area contributed by atoms with Gasteiger partial charge in [-0.1, -0.05) is 34.9 Å². The number of carbonyl (C=O) groups excluding carboxylic acids is 2. The number of carbonyl (C=O) groups is 2. The minimum atomic E-state index is -4.21. The molecule has 0 heterocycles. The van der Waals surface area contributed by atoms with Crippen LogP contribution in [0.2, 0.25) is 10.0 Å². The third-order valence-corrected chi connectivity index (χ3v) is 6.90. The number of amides is 1. The molecule has 0 bridgehead atoms. The predicted molar refractivity (Wildman–Crippen MR) is 117 cm³/mol. The monoisotopic (exact) mass is 492 g/mol. The molecule has 0 unspecified atom stereocenters. The zero-order valence-corrected chi connectivity index (χ0v) is 19.4. The molecule has 8 nitrogen and oxygen atoms in total. The van der Waals surface area contributed by atoms with E-state index in [9.17, 15) is 23.1 Å². The molecule has 0 aromatic heterocycles. The van der Waals surface area contributed by atoms with Crippen LogP contribution in [0.3, 0.4) is 0 Å². The first kappa shape index (κ1) is 25.6. The Morgan fingerprint density at radius 1 is 1.23 bits per heavy atom. The highest BCUT2D eigenvalue weighted by Gasteiger charge is 2.31. The number of hydrogen-bond donors (Lipinski definition) is 3. The van der Waals surface area contributed by atoms with E-state index < -0.39 is 40.7 Å². The standard InChI is InChI=1S/C20H26Cl2N2O6S/c1-13(25)19(24-31(28,29)15-7-8-16(21)17(22)11-15)20(27)30-12-18(26)23-10-9-14-5-3-2-4-6-14/h5,7-8,11,13,19,24-25H,2-4,6,9-10,12H2,1H3,(H,23,26)/t13-,19-/m1/s1. The maximum absolute atomic E-state index is 12.5.